The summed E-state index contributed by atoms with van der Waals surface area (Å²) in [5, 5.41) is 5.98. The highest BCUT2D eigenvalue weighted by Gasteiger charge is 2.09. The molecule has 4 heteroatoms. The summed E-state index contributed by atoms with van der Waals surface area (Å²) in [7, 11) is 0. The fraction of sp³-hybridized carbons (Fsp3) is 0.0526. The molecule has 0 heterocycles. The molecule has 0 aliphatic heterocycles. The molecule has 0 unspecified atom stereocenters. The first kappa shape index (κ1) is 14.9. The summed E-state index contributed by atoms with van der Waals surface area (Å²) < 4.78 is 12.9. The van der Waals surface area contributed by atoms with Gasteiger partial charge in [-0.3, -0.25) is 4.79 Å². The van der Waals surface area contributed by atoms with Crippen LogP contribution in [0.4, 0.5) is 4.39 Å². The predicted molar refractivity (Wildman–Crippen MR) is 90.0 cm³/mol. The number of halogens is 1. The van der Waals surface area contributed by atoms with Gasteiger partial charge in [-0.1, -0.05) is 48.5 Å². The van der Waals surface area contributed by atoms with Crippen LogP contribution >= 0.6 is 0 Å². The number of hydrogen-bond acceptors (Lipinski definition) is 2. The number of carbonyl (C=O) groups is 1. The van der Waals surface area contributed by atoms with Gasteiger partial charge in [-0.15, -0.1) is 0 Å². The molecule has 3 nitrogen and oxygen atoms in total. The molecule has 0 bridgehead atoms. The molecule has 3 rings (SSSR count). The van der Waals surface area contributed by atoms with Gasteiger partial charge in [0.1, 0.15) is 5.82 Å². The summed E-state index contributed by atoms with van der Waals surface area (Å²) in [5.41, 5.74) is 4.49. The van der Waals surface area contributed by atoms with Gasteiger partial charge in [-0.05, 0) is 41.5 Å². The number of carbonyl (C=O) groups excluding carboxylic acids is 1. The quantitative estimate of drug-likeness (QED) is 0.573. The maximum absolute atomic E-state index is 12.9. The Balaban J connectivity index is 1.83. The minimum absolute atomic E-state index is 0.275. The number of amides is 1. The number of rotatable bonds is 3. The third kappa shape index (κ3) is 3.26. The second kappa shape index (κ2) is 6.40. The van der Waals surface area contributed by atoms with Gasteiger partial charge in [0.15, 0.2) is 0 Å². The van der Waals surface area contributed by atoms with E-state index in [0.29, 0.717) is 11.3 Å². The van der Waals surface area contributed by atoms with Crippen molar-refractivity contribution in [3.63, 3.8) is 0 Å². The number of benzene rings is 3. The van der Waals surface area contributed by atoms with Gasteiger partial charge < -0.3 is 0 Å². The Hall–Kier alpha value is -3.01. The first-order valence-electron chi connectivity index (χ1n) is 7.23. The standard InChI is InChI=1S/C19H15FN2O/c1-13(14-9-11-16(20)12-10-14)21-22-19(23)18-8-4-6-15-5-2-3-7-17(15)18/h2-12H,1H3,(H,22,23)/b21-13-. The third-order valence-corrected chi connectivity index (χ3v) is 3.62. The van der Waals surface area contributed by atoms with Crippen LogP contribution in [-0.4, -0.2) is 11.6 Å². The van der Waals surface area contributed by atoms with Crippen LogP contribution in [0.15, 0.2) is 71.8 Å². The highest BCUT2D eigenvalue weighted by Crippen LogP contribution is 2.18. The van der Waals surface area contributed by atoms with E-state index in [1.807, 2.05) is 36.4 Å². The Kier molecular flexibility index (Phi) is 4.15. The highest BCUT2D eigenvalue weighted by atomic mass is 19.1. The zero-order valence-electron chi connectivity index (χ0n) is 12.6. The van der Waals surface area contributed by atoms with Crippen LogP contribution in [0.5, 0.6) is 0 Å². The largest absolute Gasteiger partial charge is 0.272 e. The third-order valence-electron chi connectivity index (χ3n) is 3.62. The van der Waals surface area contributed by atoms with E-state index in [-0.39, 0.29) is 11.7 Å². The number of nitrogens with zero attached hydrogens (tertiary/aromatic N) is 1. The van der Waals surface area contributed by atoms with Crippen molar-refractivity contribution in [2.24, 2.45) is 5.10 Å². The number of nitrogens with one attached hydrogen (secondary N) is 1. The Morgan fingerprint density at radius 1 is 0.957 bits per heavy atom. The minimum Gasteiger partial charge on any atom is -0.267 e. The van der Waals surface area contributed by atoms with Gasteiger partial charge in [-0.25, -0.2) is 9.82 Å². The SMILES string of the molecule is C/C(=N/NC(=O)c1cccc2ccccc12)c1ccc(F)cc1. The van der Waals surface area contributed by atoms with Crippen molar-refractivity contribution >= 4 is 22.4 Å². The van der Waals surface area contributed by atoms with Crippen LogP contribution in [0.3, 0.4) is 0 Å². The van der Waals surface area contributed by atoms with Crippen LogP contribution < -0.4 is 5.43 Å². The molecule has 0 radical (unpaired) electrons. The summed E-state index contributed by atoms with van der Waals surface area (Å²) in [6.07, 6.45) is 0. The predicted octanol–water partition coefficient (Wildman–Crippen LogP) is 4.13. The van der Waals surface area contributed by atoms with Gasteiger partial charge in [0.2, 0.25) is 0 Å². The Morgan fingerprint density at radius 3 is 2.43 bits per heavy atom. The fourth-order valence-electron chi connectivity index (χ4n) is 2.37. The molecule has 0 aliphatic rings. The Morgan fingerprint density at radius 2 is 1.65 bits per heavy atom. The Labute approximate surface area is 133 Å². The van der Waals surface area contributed by atoms with Crippen molar-refractivity contribution in [1.29, 1.82) is 0 Å². The minimum atomic E-state index is -0.304. The average Bonchev–Trinajstić information content (AvgIpc) is 2.59. The van der Waals surface area contributed by atoms with Crippen molar-refractivity contribution in [1.82, 2.24) is 5.43 Å². The van der Waals surface area contributed by atoms with E-state index < -0.39 is 0 Å². The monoisotopic (exact) mass is 306 g/mol. The lowest BCUT2D eigenvalue weighted by atomic mass is 10.0. The Bertz CT molecular complexity index is 880. The van der Waals surface area contributed by atoms with Crippen LogP contribution in [0, 0.1) is 5.82 Å². The van der Waals surface area contributed by atoms with Gasteiger partial charge >= 0.3 is 0 Å². The van der Waals surface area contributed by atoms with E-state index in [1.165, 1.54) is 12.1 Å². The van der Waals surface area contributed by atoms with Gasteiger partial charge in [0, 0.05) is 5.56 Å². The molecule has 114 valence electrons. The molecule has 0 spiro atoms. The molecular weight excluding hydrogens is 291 g/mol. The number of hydrogen-bond donors (Lipinski definition) is 1. The van der Waals surface area contributed by atoms with E-state index in [1.54, 1.807) is 25.1 Å². The van der Waals surface area contributed by atoms with Crippen LogP contribution in [0.1, 0.15) is 22.8 Å². The molecule has 0 saturated heterocycles. The second-order valence-electron chi connectivity index (χ2n) is 5.17. The van der Waals surface area contributed by atoms with Crippen LogP contribution in [0.2, 0.25) is 0 Å². The molecule has 0 saturated carbocycles. The van der Waals surface area contributed by atoms with Crippen molar-refractivity contribution < 1.29 is 9.18 Å². The molecule has 0 fully saturated rings. The van der Waals surface area contributed by atoms with E-state index >= 15 is 0 Å². The molecule has 3 aromatic carbocycles. The van der Waals surface area contributed by atoms with Gasteiger partial charge in [0.05, 0.1) is 5.71 Å². The molecule has 0 aliphatic carbocycles. The second-order valence-corrected chi connectivity index (χ2v) is 5.17. The smallest absolute Gasteiger partial charge is 0.267 e. The van der Waals surface area contributed by atoms with Crippen molar-refractivity contribution in [2.75, 3.05) is 0 Å². The lowest BCUT2D eigenvalue weighted by Gasteiger charge is -2.06. The maximum Gasteiger partial charge on any atom is 0.272 e. The lowest BCUT2D eigenvalue weighted by Crippen LogP contribution is -2.19. The maximum atomic E-state index is 12.9. The van der Waals surface area contributed by atoms with Crippen LogP contribution in [-0.2, 0) is 0 Å². The number of fused-ring (bicyclic) bond motifs is 1. The lowest BCUT2D eigenvalue weighted by molar-refractivity contribution is 0.0956. The van der Waals surface area contributed by atoms with Crippen LogP contribution in [0.25, 0.3) is 10.8 Å². The molecule has 1 amide bonds. The van der Waals surface area contributed by atoms with Gasteiger partial charge in [0.25, 0.3) is 5.91 Å². The first-order chi connectivity index (χ1) is 11.1. The summed E-state index contributed by atoms with van der Waals surface area (Å²) in [4.78, 5) is 12.4. The van der Waals surface area contributed by atoms with E-state index in [2.05, 4.69) is 10.5 Å². The van der Waals surface area contributed by atoms with Crippen molar-refractivity contribution in [3.05, 3.63) is 83.7 Å². The van der Waals surface area contributed by atoms with Crippen molar-refractivity contribution in [3.8, 4) is 0 Å². The fourth-order valence-corrected chi connectivity index (χ4v) is 2.37. The normalized spacial score (nSPS) is 11.5. The average molecular weight is 306 g/mol. The van der Waals surface area contributed by atoms with E-state index in [0.717, 1.165) is 16.3 Å². The highest BCUT2D eigenvalue weighted by molar-refractivity contribution is 6.07. The van der Waals surface area contributed by atoms with E-state index in [9.17, 15) is 9.18 Å². The number of hydrazone groups is 1. The molecule has 0 atom stereocenters. The summed E-state index contributed by atoms with van der Waals surface area (Å²) >= 11 is 0. The molecule has 23 heavy (non-hydrogen) atoms. The zero-order chi connectivity index (χ0) is 16.2. The summed E-state index contributed by atoms with van der Waals surface area (Å²) in [6.45, 7) is 1.76. The zero-order valence-corrected chi connectivity index (χ0v) is 12.6. The van der Waals surface area contributed by atoms with E-state index in [4.69, 9.17) is 0 Å². The molecular formula is C19H15FN2O. The molecule has 1 N–H and O–H groups in total. The van der Waals surface area contributed by atoms with Crippen molar-refractivity contribution in [2.45, 2.75) is 6.92 Å². The molecule has 0 aromatic heterocycles. The van der Waals surface area contributed by atoms with Gasteiger partial charge in [-0.2, -0.15) is 5.10 Å². The first-order valence-corrected chi connectivity index (χ1v) is 7.23. The summed E-state index contributed by atoms with van der Waals surface area (Å²) in [5.74, 6) is -0.579. The summed E-state index contributed by atoms with van der Waals surface area (Å²) in [6, 6.07) is 19.2. The molecule has 3 aromatic rings. The topological polar surface area (TPSA) is 41.5 Å².